The Kier molecular flexibility index (Phi) is 4.87. The predicted octanol–water partition coefficient (Wildman–Crippen LogP) is 3.05. The second-order valence-electron chi connectivity index (χ2n) is 6.42. The summed E-state index contributed by atoms with van der Waals surface area (Å²) in [6, 6.07) is 0.433. The third-order valence-corrected chi connectivity index (χ3v) is 4.85. The van der Waals surface area contributed by atoms with Crippen molar-refractivity contribution in [3.05, 3.63) is 0 Å². The van der Waals surface area contributed by atoms with E-state index in [-0.39, 0.29) is 6.10 Å². The Labute approximate surface area is 106 Å². The minimum atomic E-state index is -0.155. The van der Waals surface area contributed by atoms with Crippen LogP contribution in [0.25, 0.3) is 0 Å². The number of nitrogens with zero attached hydrogens (tertiary/aromatic N) is 1. The summed E-state index contributed by atoms with van der Waals surface area (Å²) in [5, 5.41) is 9.88. The van der Waals surface area contributed by atoms with E-state index >= 15 is 0 Å². The molecule has 1 heterocycles. The maximum Gasteiger partial charge on any atom is 0.0667 e. The van der Waals surface area contributed by atoms with Crippen LogP contribution in [0.3, 0.4) is 0 Å². The molecule has 0 aromatic rings. The molecule has 2 heteroatoms. The fourth-order valence-corrected chi connectivity index (χ4v) is 3.63. The molecule has 1 N–H and O–H groups in total. The molecule has 100 valence electrons. The standard InChI is InChI=1S/C15H29NO/c1-12-6-8-14(9-7-12)11-16-10-4-3-5-15(16)13(2)17/h12-15,17H,3-11H2,1-2H3. The molecular formula is C15H29NO. The van der Waals surface area contributed by atoms with Crippen molar-refractivity contribution in [1.82, 2.24) is 4.90 Å². The van der Waals surface area contributed by atoms with Gasteiger partial charge in [0.15, 0.2) is 0 Å². The summed E-state index contributed by atoms with van der Waals surface area (Å²) in [5.74, 6) is 1.84. The van der Waals surface area contributed by atoms with Gasteiger partial charge in [-0.2, -0.15) is 0 Å². The van der Waals surface area contributed by atoms with Crippen LogP contribution in [0.2, 0.25) is 0 Å². The smallest absolute Gasteiger partial charge is 0.0667 e. The summed E-state index contributed by atoms with van der Waals surface area (Å²) in [4.78, 5) is 2.58. The fourth-order valence-electron chi connectivity index (χ4n) is 3.63. The first-order valence-corrected chi connectivity index (χ1v) is 7.59. The Morgan fingerprint density at radius 1 is 1.12 bits per heavy atom. The average molecular weight is 239 g/mol. The second kappa shape index (κ2) is 6.19. The first-order valence-electron chi connectivity index (χ1n) is 7.59. The highest BCUT2D eigenvalue weighted by atomic mass is 16.3. The van der Waals surface area contributed by atoms with Crippen LogP contribution in [0.15, 0.2) is 0 Å². The summed E-state index contributed by atoms with van der Waals surface area (Å²) in [6.45, 7) is 6.80. The van der Waals surface area contributed by atoms with Crippen molar-refractivity contribution in [2.45, 2.75) is 70.9 Å². The molecule has 2 aliphatic rings. The van der Waals surface area contributed by atoms with Crippen LogP contribution < -0.4 is 0 Å². The number of likely N-dealkylation sites (tertiary alicyclic amines) is 1. The van der Waals surface area contributed by atoms with Crippen LogP contribution in [-0.2, 0) is 0 Å². The molecule has 0 bridgehead atoms. The summed E-state index contributed by atoms with van der Waals surface area (Å²) < 4.78 is 0. The molecule has 0 aromatic heterocycles. The van der Waals surface area contributed by atoms with Gasteiger partial charge in [0.05, 0.1) is 6.10 Å². The summed E-state index contributed by atoms with van der Waals surface area (Å²) in [6.07, 6.45) is 9.31. The van der Waals surface area contributed by atoms with Crippen LogP contribution >= 0.6 is 0 Å². The van der Waals surface area contributed by atoms with Crippen molar-refractivity contribution < 1.29 is 5.11 Å². The molecule has 1 saturated heterocycles. The number of piperidine rings is 1. The molecule has 1 saturated carbocycles. The van der Waals surface area contributed by atoms with Gasteiger partial charge >= 0.3 is 0 Å². The number of aliphatic hydroxyl groups excluding tert-OH is 1. The molecule has 2 atom stereocenters. The first kappa shape index (κ1) is 13.4. The van der Waals surface area contributed by atoms with Gasteiger partial charge in [-0.15, -0.1) is 0 Å². The van der Waals surface area contributed by atoms with Crippen LogP contribution in [0, 0.1) is 11.8 Å². The molecule has 2 nitrogen and oxygen atoms in total. The van der Waals surface area contributed by atoms with E-state index in [0.29, 0.717) is 6.04 Å². The van der Waals surface area contributed by atoms with Crippen molar-refractivity contribution in [3.63, 3.8) is 0 Å². The highest BCUT2D eigenvalue weighted by Crippen LogP contribution is 2.30. The zero-order valence-electron chi connectivity index (χ0n) is 11.6. The lowest BCUT2D eigenvalue weighted by molar-refractivity contribution is 0.0222. The van der Waals surface area contributed by atoms with E-state index in [9.17, 15) is 5.11 Å². The van der Waals surface area contributed by atoms with Crippen molar-refractivity contribution in [2.24, 2.45) is 11.8 Å². The Bertz CT molecular complexity index is 221. The molecule has 0 amide bonds. The lowest BCUT2D eigenvalue weighted by Crippen LogP contribution is -2.47. The number of aliphatic hydroxyl groups is 1. The second-order valence-corrected chi connectivity index (χ2v) is 6.42. The predicted molar refractivity (Wildman–Crippen MR) is 72.0 cm³/mol. The number of rotatable bonds is 3. The van der Waals surface area contributed by atoms with E-state index in [1.807, 2.05) is 6.92 Å². The third kappa shape index (κ3) is 3.69. The molecule has 0 radical (unpaired) electrons. The van der Waals surface area contributed by atoms with E-state index in [1.165, 1.54) is 58.0 Å². The van der Waals surface area contributed by atoms with Gasteiger partial charge in [0.2, 0.25) is 0 Å². The minimum absolute atomic E-state index is 0.155. The van der Waals surface area contributed by atoms with Crippen molar-refractivity contribution in [3.8, 4) is 0 Å². The maximum absolute atomic E-state index is 9.88. The zero-order valence-corrected chi connectivity index (χ0v) is 11.6. The SMILES string of the molecule is CC1CCC(CN2CCCCC2C(C)O)CC1. The lowest BCUT2D eigenvalue weighted by Gasteiger charge is -2.40. The third-order valence-electron chi connectivity index (χ3n) is 4.85. The molecule has 0 spiro atoms. The van der Waals surface area contributed by atoms with Crippen LogP contribution in [0.4, 0.5) is 0 Å². The van der Waals surface area contributed by atoms with Crippen molar-refractivity contribution in [1.29, 1.82) is 0 Å². The largest absolute Gasteiger partial charge is 0.392 e. The van der Waals surface area contributed by atoms with Crippen molar-refractivity contribution in [2.75, 3.05) is 13.1 Å². The quantitative estimate of drug-likeness (QED) is 0.818. The van der Waals surface area contributed by atoms with Crippen LogP contribution in [-0.4, -0.2) is 35.2 Å². The van der Waals surface area contributed by atoms with E-state index in [2.05, 4.69) is 11.8 Å². The molecule has 0 aromatic carbocycles. The summed E-state index contributed by atoms with van der Waals surface area (Å²) >= 11 is 0. The van der Waals surface area contributed by atoms with Gasteiger partial charge in [-0.25, -0.2) is 0 Å². The summed E-state index contributed by atoms with van der Waals surface area (Å²) in [5.41, 5.74) is 0. The van der Waals surface area contributed by atoms with Gasteiger partial charge in [0, 0.05) is 12.6 Å². The molecule has 2 unspecified atom stereocenters. The van der Waals surface area contributed by atoms with Gasteiger partial charge in [0.1, 0.15) is 0 Å². The molecule has 2 rings (SSSR count). The number of hydrogen-bond donors (Lipinski definition) is 1. The van der Waals surface area contributed by atoms with Gasteiger partial charge in [0.25, 0.3) is 0 Å². The Morgan fingerprint density at radius 3 is 2.47 bits per heavy atom. The van der Waals surface area contributed by atoms with Crippen LogP contribution in [0.1, 0.15) is 58.8 Å². The van der Waals surface area contributed by atoms with E-state index in [4.69, 9.17) is 0 Å². The molecule has 17 heavy (non-hydrogen) atoms. The summed E-state index contributed by atoms with van der Waals surface area (Å²) in [7, 11) is 0. The van der Waals surface area contributed by atoms with E-state index in [1.54, 1.807) is 0 Å². The lowest BCUT2D eigenvalue weighted by atomic mass is 9.82. The Hall–Kier alpha value is -0.0800. The number of hydrogen-bond acceptors (Lipinski definition) is 2. The highest BCUT2D eigenvalue weighted by molar-refractivity contribution is 4.83. The van der Waals surface area contributed by atoms with Crippen molar-refractivity contribution >= 4 is 0 Å². The monoisotopic (exact) mass is 239 g/mol. The van der Waals surface area contributed by atoms with Gasteiger partial charge in [-0.3, -0.25) is 4.90 Å². The Morgan fingerprint density at radius 2 is 1.82 bits per heavy atom. The van der Waals surface area contributed by atoms with E-state index in [0.717, 1.165) is 11.8 Å². The molecular weight excluding hydrogens is 210 g/mol. The molecule has 1 aliphatic heterocycles. The minimum Gasteiger partial charge on any atom is -0.392 e. The first-order chi connectivity index (χ1) is 8.16. The Balaban J connectivity index is 1.83. The van der Waals surface area contributed by atoms with Gasteiger partial charge in [-0.05, 0) is 51.0 Å². The topological polar surface area (TPSA) is 23.5 Å². The van der Waals surface area contributed by atoms with E-state index < -0.39 is 0 Å². The highest BCUT2D eigenvalue weighted by Gasteiger charge is 2.29. The average Bonchev–Trinajstić information content (AvgIpc) is 2.32. The fraction of sp³-hybridized carbons (Fsp3) is 1.00. The zero-order chi connectivity index (χ0) is 12.3. The maximum atomic E-state index is 9.88. The normalized spacial score (nSPS) is 37.9. The molecule has 2 fully saturated rings. The van der Waals surface area contributed by atoms with Gasteiger partial charge < -0.3 is 5.11 Å². The molecule has 1 aliphatic carbocycles. The van der Waals surface area contributed by atoms with Crippen LogP contribution in [0.5, 0.6) is 0 Å². The van der Waals surface area contributed by atoms with Gasteiger partial charge in [-0.1, -0.05) is 26.2 Å².